The Morgan fingerprint density at radius 1 is 1.32 bits per heavy atom. The van der Waals surface area contributed by atoms with E-state index < -0.39 is 0 Å². The number of hydrogen-bond acceptors (Lipinski definition) is 4. The maximum atomic E-state index is 12.0. The van der Waals surface area contributed by atoms with Crippen molar-refractivity contribution in [2.75, 3.05) is 5.32 Å². The molecule has 6 nitrogen and oxygen atoms in total. The van der Waals surface area contributed by atoms with E-state index in [0.717, 1.165) is 5.56 Å². The van der Waals surface area contributed by atoms with Gasteiger partial charge in [0.15, 0.2) is 0 Å². The average molecular weight is 301 g/mol. The van der Waals surface area contributed by atoms with Gasteiger partial charge in [-0.1, -0.05) is 6.07 Å². The van der Waals surface area contributed by atoms with Crippen molar-refractivity contribution in [3.63, 3.8) is 0 Å². The van der Waals surface area contributed by atoms with Crippen LogP contribution in [0.5, 0.6) is 5.75 Å². The maximum Gasteiger partial charge on any atom is 0.254 e. The number of aryl methyl sites for hydroxylation is 3. The third-order valence-electron chi connectivity index (χ3n) is 3.37. The van der Waals surface area contributed by atoms with Crippen LogP contribution in [-0.2, 0) is 11.2 Å². The van der Waals surface area contributed by atoms with Gasteiger partial charge in [-0.3, -0.25) is 9.59 Å². The summed E-state index contributed by atoms with van der Waals surface area (Å²) in [6.07, 6.45) is 0.439. The number of carbonyl (C=O) groups excluding carboxylic acids is 1. The molecule has 0 unspecified atom stereocenters. The first-order valence-corrected chi connectivity index (χ1v) is 7.02. The lowest BCUT2D eigenvalue weighted by atomic mass is 10.1. The molecule has 0 aliphatic carbocycles. The Hall–Kier alpha value is -2.63. The molecule has 1 heterocycles. The number of phenolic OH excluding ortho intramolecular Hbond substituents is 1. The molecule has 3 N–H and O–H groups in total. The number of aromatic nitrogens is 2. The van der Waals surface area contributed by atoms with Crippen molar-refractivity contribution in [2.24, 2.45) is 0 Å². The van der Waals surface area contributed by atoms with Crippen LogP contribution < -0.4 is 10.9 Å². The fraction of sp³-hybridized carbons (Fsp3) is 0.312. The summed E-state index contributed by atoms with van der Waals surface area (Å²) in [4.78, 5) is 30.6. The maximum absolute atomic E-state index is 12.0. The molecule has 2 rings (SSSR count). The Morgan fingerprint density at radius 2 is 2.05 bits per heavy atom. The lowest BCUT2D eigenvalue weighted by Crippen LogP contribution is -2.20. The Kier molecular flexibility index (Phi) is 4.60. The van der Waals surface area contributed by atoms with Gasteiger partial charge in [-0.15, -0.1) is 0 Å². The highest BCUT2D eigenvalue weighted by Crippen LogP contribution is 2.24. The van der Waals surface area contributed by atoms with E-state index in [-0.39, 0.29) is 23.6 Å². The van der Waals surface area contributed by atoms with Crippen molar-refractivity contribution in [1.82, 2.24) is 9.97 Å². The summed E-state index contributed by atoms with van der Waals surface area (Å²) in [6, 6.07) is 5.02. The summed E-state index contributed by atoms with van der Waals surface area (Å²) < 4.78 is 0. The van der Waals surface area contributed by atoms with Gasteiger partial charge in [0.2, 0.25) is 5.91 Å². The predicted molar refractivity (Wildman–Crippen MR) is 84.1 cm³/mol. The molecule has 0 aliphatic heterocycles. The summed E-state index contributed by atoms with van der Waals surface area (Å²) >= 11 is 0. The fourth-order valence-electron chi connectivity index (χ4n) is 2.24. The van der Waals surface area contributed by atoms with Crippen LogP contribution in [0.1, 0.15) is 29.1 Å². The number of H-pyrrole nitrogens is 1. The first kappa shape index (κ1) is 15.8. The molecule has 0 atom stereocenters. The van der Waals surface area contributed by atoms with E-state index in [4.69, 9.17) is 0 Å². The van der Waals surface area contributed by atoms with Crippen LogP contribution in [0.25, 0.3) is 0 Å². The number of phenols is 1. The number of nitrogens with one attached hydrogen (secondary N) is 2. The standard InChI is InChI=1S/C16H19N3O3/c1-9-4-6-13(14(20)8-9)19-15(21)7-5-12-10(2)17-11(3)18-16(12)22/h4,6,8,20H,5,7H2,1-3H3,(H,19,21)(H,17,18,22). The minimum absolute atomic E-state index is 0.0272. The van der Waals surface area contributed by atoms with E-state index in [1.54, 1.807) is 32.0 Å². The Morgan fingerprint density at radius 3 is 2.68 bits per heavy atom. The summed E-state index contributed by atoms with van der Waals surface area (Å²) in [5.41, 5.74) is 2.20. The van der Waals surface area contributed by atoms with Crippen LogP contribution in [0.3, 0.4) is 0 Å². The Balaban J connectivity index is 2.03. The molecule has 22 heavy (non-hydrogen) atoms. The van der Waals surface area contributed by atoms with E-state index >= 15 is 0 Å². The van der Waals surface area contributed by atoms with Gasteiger partial charge in [0, 0.05) is 17.7 Å². The first-order chi connectivity index (χ1) is 10.4. The number of carbonyl (C=O) groups is 1. The molecular formula is C16H19N3O3. The zero-order valence-electron chi connectivity index (χ0n) is 12.9. The second-order valence-corrected chi connectivity index (χ2v) is 5.28. The van der Waals surface area contributed by atoms with Crippen molar-refractivity contribution in [3.05, 3.63) is 51.2 Å². The largest absolute Gasteiger partial charge is 0.506 e. The highest BCUT2D eigenvalue weighted by molar-refractivity contribution is 5.92. The van der Waals surface area contributed by atoms with Gasteiger partial charge in [0.1, 0.15) is 11.6 Å². The molecule has 0 radical (unpaired) electrons. The molecule has 1 aromatic carbocycles. The lowest BCUT2D eigenvalue weighted by Gasteiger charge is -2.08. The van der Waals surface area contributed by atoms with Crippen LogP contribution in [0.4, 0.5) is 5.69 Å². The average Bonchev–Trinajstić information content (AvgIpc) is 2.40. The van der Waals surface area contributed by atoms with Crippen LogP contribution in [0.15, 0.2) is 23.0 Å². The lowest BCUT2D eigenvalue weighted by molar-refractivity contribution is -0.116. The number of rotatable bonds is 4. The van der Waals surface area contributed by atoms with Crippen molar-refractivity contribution >= 4 is 11.6 Å². The van der Waals surface area contributed by atoms with Crippen LogP contribution >= 0.6 is 0 Å². The van der Waals surface area contributed by atoms with Crippen molar-refractivity contribution < 1.29 is 9.90 Å². The fourth-order valence-corrected chi connectivity index (χ4v) is 2.24. The summed E-state index contributed by atoms with van der Waals surface area (Å²) in [5.74, 6) is 0.318. The van der Waals surface area contributed by atoms with Gasteiger partial charge in [-0.2, -0.15) is 0 Å². The van der Waals surface area contributed by atoms with E-state index in [1.807, 2.05) is 6.92 Å². The van der Waals surface area contributed by atoms with Gasteiger partial charge in [0.05, 0.1) is 5.69 Å². The van der Waals surface area contributed by atoms with Crippen molar-refractivity contribution in [3.8, 4) is 5.75 Å². The zero-order valence-corrected chi connectivity index (χ0v) is 12.9. The molecule has 0 saturated carbocycles. The number of aromatic hydroxyl groups is 1. The van der Waals surface area contributed by atoms with Crippen molar-refractivity contribution in [2.45, 2.75) is 33.6 Å². The van der Waals surface area contributed by atoms with Gasteiger partial charge in [-0.25, -0.2) is 4.98 Å². The minimum atomic E-state index is -0.265. The molecule has 0 aliphatic rings. The Bertz CT molecular complexity index is 766. The number of nitrogens with zero attached hydrogens (tertiary/aromatic N) is 1. The molecule has 1 aromatic heterocycles. The topological polar surface area (TPSA) is 95.1 Å². The number of amides is 1. The molecule has 0 spiro atoms. The number of anilines is 1. The molecular weight excluding hydrogens is 282 g/mol. The van der Waals surface area contributed by atoms with Gasteiger partial charge < -0.3 is 15.4 Å². The number of aromatic amines is 1. The summed E-state index contributed by atoms with van der Waals surface area (Å²) in [5, 5.41) is 12.4. The smallest absolute Gasteiger partial charge is 0.254 e. The van der Waals surface area contributed by atoms with E-state index in [0.29, 0.717) is 29.2 Å². The monoisotopic (exact) mass is 301 g/mol. The quantitative estimate of drug-likeness (QED) is 0.752. The molecule has 0 saturated heterocycles. The van der Waals surface area contributed by atoms with Gasteiger partial charge in [-0.05, 0) is 44.9 Å². The molecule has 1 amide bonds. The van der Waals surface area contributed by atoms with E-state index in [1.165, 1.54) is 0 Å². The predicted octanol–water partition coefficient (Wildman–Crippen LogP) is 1.97. The SMILES string of the molecule is Cc1ccc(NC(=O)CCc2c(C)nc(C)[nH]c2=O)c(O)c1. The summed E-state index contributed by atoms with van der Waals surface area (Å²) in [6.45, 7) is 5.32. The second kappa shape index (κ2) is 6.43. The third kappa shape index (κ3) is 3.72. The van der Waals surface area contributed by atoms with Crippen LogP contribution in [-0.4, -0.2) is 21.0 Å². The molecule has 2 aromatic rings. The highest BCUT2D eigenvalue weighted by Gasteiger charge is 2.11. The highest BCUT2D eigenvalue weighted by atomic mass is 16.3. The van der Waals surface area contributed by atoms with Crippen molar-refractivity contribution in [1.29, 1.82) is 0 Å². The van der Waals surface area contributed by atoms with Crippen LogP contribution in [0, 0.1) is 20.8 Å². The minimum Gasteiger partial charge on any atom is -0.506 e. The molecule has 116 valence electrons. The Labute approximate surface area is 128 Å². The van der Waals surface area contributed by atoms with E-state index in [2.05, 4.69) is 15.3 Å². The van der Waals surface area contributed by atoms with Crippen LogP contribution in [0.2, 0.25) is 0 Å². The van der Waals surface area contributed by atoms with Gasteiger partial charge >= 0.3 is 0 Å². The second-order valence-electron chi connectivity index (χ2n) is 5.28. The van der Waals surface area contributed by atoms with E-state index in [9.17, 15) is 14.7 Å². The molecule has 0 bridgehead atoms. The molecule has 0 fully saturated rings. The summed E-state index contributed by atoms with van der Waals surface area (Å²) in [7, 11) is 0. The molecule has 6 heteroatoms. The number of benzene rings is 1. The third-order valence-corrected chi connectivity index (χ3v) is 3.37. The van der Waals surface area contributed by atoms with Gasteiger partial charge in [0.25, 0.3) is 5.56 Å². The normalized spacial score (nSPS) is 10.5. The number of hydrogen-bond donors (Lipinski definition) is 3. The first-order valence-electron chi connectivity index (χ1n) is 7.02. The zero-order chi connectivity index (χ0) is 16.3.